The molecule has 0 amide bonds. The number of piperazine rings is 1. The zero-order chi connectivity index (χ0) is 22.8. The van der Waals surface area contributed by atoms with E-state index in [2.05, 4.69) is 19.6 Å². The Hall–Kier alpha value is -2.99. The van der Waals surface area contributed by atoms with Crippen molar-refractivity contribution in [3.8, 4) is 0 Å². The van der Waals surface area contributed by atoms with Crippen molar-refractivity contribution in [2.24, 2.45) is 7.05 Å². The van der Waals surface area contributed by atoms with E-state index in [1.807, 2.05) is 0 Å². The number of pyridine rings is 2. The van der Waals surface area contributed by atoms with E-state index in [0.717, 1.165) is 5.56 Å². The van der Waals surface area contributed by atoms with Crippen LogP contribution in [0.4, 0.5) is 15.9 Å². The molecule has 0 aliphatic carbocycles. The van der Waals surface area contributed by atoms with Gasteiger partial charge >= 0.3 is 0 Å². The molecular formula is C23H23ClFN5O2. The van der Waals surface area contributed by atoms with Crippen molar-refractivity contribution in [1.29, 1.82) is 0 Å². The van der Waals surface area contributed by atoms with E-state index < -0.39 is 0 Å². The van der Waals surface area contributed by atoms with Crippen molar-refractivity contribution in [2.45, 2.75) is 12.6 Å². The maximum atomic E-state index is 13.4. The summed E-state index contributed by atoms with van der Waals surface area (Å²) < 4.78 is 20.4. The van der Waals surface area contributed by atoms with Gasteiger partial charge in [0.1, 0.15) is 5.82 Å². The number of hydrogen-bond acceptors (Lipinski definition) is 5. The van der Waals surface area contributed by atoms with Crippen molar-refractivity contribution in [2.75, 3.05) is 38.3 Å². The summed E-state index contributed by atoms with van der Waals surface area (Å²) in [5.41, 5.74) is 2.75. The molecule has 0 bridgehead atoms. The van der Waals surface area contributed by atoms with E-state index in [1.165, 1.54) is 12.1 Å². The van der Waals surface area contributed by atoms with Crippen LogP contribution in [0.3, 0.4) is 0 Å². The van der Waals surface area contributed by atoms with Gasteiger partial charge in [-0.2, -0.15) is 0 Å². The number of fused-ring (bicyclic) bond motifs is 1. The van der Waals surface area contributed by atoms with Gasteiger partial charge in [0.05, 0.1) is 23.9 Å². The van der Waals surface area contributed by atoms with Crippen LogP contribution in [-0.4, -0.2) is 53.8 Å². The molecule has 7 nitrogen and oxygen atoms in total. The maximum absolute atomic E-state index is 13.4. The number of anilines is 1. The molecule has 1 aliphatic heterocycles. The van der Waals surface area contributed by atoms with Crippen LogP contribution in [0.5, 0.6) is 0 Å². The van der Waals surface area contributed by atoms with E-state index in [0.29, 0.717) is 54.5 Å². The smallest absolute Gasteiger partial charge is 0.270 e. The van der Waals surface area contributed by atoms with Crippen LogP contribution in [0.15, 0.2) is 41.2 Å². The van der Waals surface area contributed by atoms with Crippen molar-refractivity contribution in [3.63, 3.8) is 0 Å². The molecule has 0 N–H and O–H groups in total. The minimum Gasteiger partial charge on any atom is -0.383 e. The van der Waals surface area contributed by atoms with Gasteiger partial charge in [-0.05, 0) is 29.8 Å². The molecule has 1 saturated heterocycles. The lowest BCUT2D eigenvalue weighted by Crippen LogP contribution is -2.54. The quantitative estimate of drug-likeness (QED) is 0.550. The molecule has 3 aromatic rings. The Morgan fingerprint density at radius 3 is 2.81 bits per heavy atom. The van der Waals surface area contributed by atoms with Crippen LogP contribution in [-0.2, 0) is 18.3 Å². The van der Waals surface area contributed by atoms with Gasteiger partial charge in [0.25, 0.3) is 11.4 Å². The Labute approximate surface area is 190 Å². The van der Waals surface area contributed by atoms with Crippen LogP contribution in [0, 0.1) is 12.4 Å². The summed E-state index contributed by atoms with van der Waals surface area (Å²) in [6, 6.07) is 9.44. The highest BCUT2D eigenvalue weighted by atomic mass is 35.5. The summed E-state index contributed by atoms with van der Waals surface area (Å²) in [7, 11) is 3.35. The van der Waals surface area contributed by atoms with Gasteiger partial charge in [-0.15, -0.1) is 4.98 Å². The molecule has 2 aromatic heterocycles. The van der Waals surface area contributed by atoms with Gasteiger partial charge in [-0.25, -0.2) is 4.39 Å². The molecule has 0 radical (unpaired) electrons. The first-order chi connectivity index (χ1) is 15.4. The Bertz CT molecular complexity index is 1260. The average Bonchev–Trinajstić information content (AvgIpc) is 2.79. The zero-order valence-electron chi connectivity index (χ0n) is 17.9. The first-order valence-electron chi connectivity index (χ1n) is 10.2. The highest BCUT2D eigenvalue weighted by molar-refractivity contribution is 6.31. The van der Waals surface area contributed by atoms with Crippen LogP contribution in [0.1, 0.15) is 5.56 Å². The molecule has 1 atom stereocenters. The van der Waals surface area contributed by atoms with Gasteiger partial charge in [0.15, 0.2) is 0 Å². The summed E-state index contributed by atoms with van der Waals surface area (Å²) >= 11 is 6.25. The largest absolute Gasteiger partial charge is 0.383 e. The van der Waals surface area contributed by atoms with Gasteiger partial charge in [-0.3, -0.25) is 9.69 Å². The van der Waals surface area contributed by atoms with E-state index in [1.54, 1.807) is 43.0 Å². The number of nitrogens with zero attached hydrogens (tertiary/aromatic N) is 5. The summed E-state index contributed by atoms with van der Waals surface area (Å²) in [4.78, 5) is 24.9. The van der Waals surface area contributed by atoms with E-state index in [-0.39, 0.29) is 23.2 Å². The normalized spacial score (nSPS) is 17.0. The number of ether oxygens (including phenoxy) is 1. The molecule has 32 heavy (non-hydrogen) atoms. The van der Waals surface area contributed by atoms with Crippen molar-refractivity contribution in [3.05, 3.63) is 74.6 Å². The third-order valence-corrected chi connectivity index (χ3v) is 6.21. The SMILES string of the molecule is [C-]#[N+]c1ccc2c(n1)c(N1CCN(Cc3ccc(F)cc3Cl)C(COC)C1)cc(=O)n2C. The molecule has 9 heteroatoms. The Kier molecular flexibility index (Phi) is 6.42. The van der Waals surface area contributed by atoms with Crippen molar-refractivity contribution < 1.29 is 9.13 Å². The Morgan fingerprint density at radius 2 is 2.09 bits per heavy atom. The monoisotopic (exact) mass is 455 g/mol. The predicted octanol–water partition coefficient (Wildman–Crippen LogP) is 3.61. The lowest BCUT2D eigenvalue weighted by atomic mass is 10.1. The van der Waals surface area contributed by atoms with Gasteiger partial charge in [-0.1, -0.05) is 24.2 Å². The van der Waals surface area contributed by atoms with Crippen LogP contribution < -0.4 is 10.5 Å². The highest BCUT2D eigenvalue weighted by Crippen LogP contribution is 2.29. The second-order valence-corrected chi connectivity index (χ2v) is 8.24. The second kappa shape index (κ2) is 9.25. The molecule has 3 heterocycles. The fraction of sp³-hybridized carbons (Fsp3) is 0.348. The third kappa shape index (κ3) is 4.32. The number of hydrogen-bond donors (Lipinski definition) is 0. The van der Waals surface area contributed by atoms with E-state index in [9.17, 15) is 9.18 Å². The molecular weight excluding hydrogens is 433 g/mol. The van der Waals surface area contributed by atoms with Gasteiger partial charge < -0.3 is 19.0 Å². The summed E-state index contributed by atoms with van der Waals surface area (Å²) in [5, 5.41) is 0.400. The lowest BCUT2D eigenvalue weighted by molar-refractivity contribution is 0.0769. The summed E-state index contributed by atoms with van der Waals surface area (Å²) in [6.45, 7) is 10.3. The topological polar surface area (TPSA) is 55.0 Å². The third-order valence-electron chi connectivity index (χ3n) is 5.86. The first kappa shape index (κ1) is 22.2. The molecule has 4 rings (SSSR count). The van der Waals surface area contributed by atoms with Gasteiger partial charge in [0, 0.05) is 51.4 Å². The standard InChI is InChI=1S/C23H23ClFN5O2/c1-26-21-7-6-19-23(27-21)20(11-22(31)28(19)2)30-9-8-29(17(13-30)14-32-3)12-15-4-5-16(25)10-18(15)24/h4-7,10-11,17H,8-9,12-14H2,2-3H3. The molecule has 1 fully saturated rings. The maximum Gasteiger partial charge on any atom is 0.270 e. The number of halogens is 2. The number of aryl methyl sites for hydroxylation is 1. The zero-order valence-corrected chi connectivity index (χ0v) is 18.6. The summed E-state index contributed by atoms with van der Waals surface area (Å²) in [6.07, 6.45) is 0. The minimum absolute atomic E-state index is 0.0259. The first-order valence-corrected chi connectivity index (χ1v) is 10.6. The predicted molar refractivity (Wildman–Crippen MR) is 123 cm³/mol. The Balaban J connectivity index is 1.66. The van der Waals surface area contributed by atoms with Gasteiger partial charge in [0.2, 0.25) is 5.52 Å². The van der Waals surface area contributed by atoms with Crippen molar-refractivity contribution in [1.82, 2.24) is 14.5 Å². The Morgan fingerprint density at radius 1 is 1.28 bits per heavy atom. The molecule has 1 aromatic carbocycles. The number of aromatic nitrogens is 2. The number of benzene rings is 1. The highest BCUT2D eigenvalue weighted by Gasteiger charge is 2.30. The molecule has 1 aliphatic rings. The molecule has 1 unspecified atom stereocenters. The molecule has 0 spiro atoms. The molecule has 0 saturated carbocycles. The number of rotatable bonds is 5. The average molecular weight is 456 g/mol. The van der Waals surface area contributed by atoms with E-state index >= 15 is 0 Å². The van der Waals surface area contributed by atoms with Crippen LogP contribution in [0.2, 0.25) is 5.02 Å². The summed E-state index contributed by atoms with van der Waals surface area (Å²) in [5.74, 6) is -0.0729. The fourth-order valence-corrected chi connectivity index (χ4v) is 4.37. The second-order valence-electron chi connectivity index (χ2n) is 7.84. The van der Waals surface area contributed by atoms with Crippen LogP contribution in [0.25, 0.3) is 15.9 Å². The lowest BCUT2D eigenvalue weighted by Gasteiger charge is -2.42. The molecule has 166 valence electrons. The van der Waals surface area contributed by atoms with E-state index in [4.69, 9.17) is 22.9 Å². The van der Waals surface area contributed by atoms with Crippen molar-refractivity contribution >= 4 is 34.1 Å². The number of methoxy groups -OCH3 is 1. The van der Waals surface area contributed by atoms with Crippen LogP contribution >= 0.6 is 11.6 Å². The fourth-order valence-electron chi connectivity index (χ4n) is 4.14. The minimum atomic E-state index is -0.360.